The quantitative estimate of drug-likeness (QED) is 0.0683. The predicted octanol–water partition coefficient (Wildman–Crippen LogP) is 7.78. The molecule has 0 aromatic heterocycles. The zero-order chi connectivity index (χ0) is 37.5. The van der Waals surface area contributed by atoms with Gasteiger partial charge in [0, 0.05) is 45.7 Å². The van der Waals surface area contributed by atoms with Gasteiger partial charge in [0.25, 0.3) is 0 Å². The number of rotatable bonds is 18. The van der Waals surface area contributed by atoms with Crippen LogP contribution in [0.25, 0.3) is 0 Å². The highest BCUT2D eigenvalue weighted by Crippen LogP contribution is 2.75. The van der Waals surface area contributed by atoms with Gasteiger partial charge in [-0.1, -0.05) is 55.3 Å². The second kappa shape index (κ2) is 17.2. The molecule has 271 valence electrons. The van der Waals surface area contributed by atoms with Gasteiger partial charge in [-0.3, -0.25) is 19.1 Å². The van der Waals surface area contributed by atoms with E-state index < -0.39 is 18.9 Å². The largest absolute Gasteiger partial charge is 0.488 e. The topological polar surface area (TPSA) is 121 Å². The summed E-state index contributed by atoms with van der Waals surface area (Å²) in [7, 11) is 3.26. The van der Waals surface area contributed by atoms with Crippen LogP contribution in [0.1, 0.15) is 96.1 Å². The third-order valence-corrected chi connectivity index (χ3v) is 13.9. The van der Waals surface area contributed by atoms with Gasteiger partial charge in [-0.05, 0) is 105 Å². The molecule has 50 heavy (non-hydrogen) atoms. The summed E-state index contributed by atoms with van der Waals surface area (Å²) in [4.78, 5) is 37.0. The number of unbranched alkanes of at least 4 members (excludes halogenated alkanes) is 2. The molecule has 12 heteroatoms. The van der Waals surface area contributed by atoms with Crippen LogP contribution < -0.4 is 15.4 Å². The van der Waals surface area contributed by atoms with Crippen molar-refractivity contribution in [1.29, 1.82) is 5.26 Å². The van der Waals surface area contributed by atoms with Gasteiger partial charge >= 0.3 is 0 Å². The Morgan fingerprint density at radius 2 is 1.78 bits per heavy atom. The number of aldehydes is 1. The lowest BCUT2D eigenvalue weighted by Gasteiger charge is -2.65. The standard InChI is InChI=1S/C38H54BBrN4O5P/c1-26(46)38(39-9,35(2,3)4)43-33(47)25-48-19-13-11-12-18-42-30-16-14-28(24-45)29(20-30)23-44(10)50-36(5,6)34(37(50,7)8)49-31-17-15-27(22-41)32(40)21-31/h14-17,20-21,24,34,42H,11-13,18-19,23,25H2,1-10H3,(H,43,47). The Labute approximate surface area is 309 Å². The van der Waals surface area contributed by atoms with E-state index in [1.165, 1.54) is 6.92 Å². The van der Waals surface area contributed by atoms with Crippen LogP contribution in [0.5, 0.6) is 5.75 Å². The van der Waals surface area contributed by atoms with E-state index in [1.54, 1.807) is 20.2 Å². The van der Waals surface area contributed by atoms with Crippen LogP contribution in [0, 0.1) is 16.7 Å². The molecule has 3 rings (SSSR count). The zero-order valence-electron chi connectivity index (χ0n) is 31.4. The molecule has 2 aromatic rings. The number of hydrogen-bond acceptors (Lipinski definition) is 8. The molecule has 2 aromatic carbocycles. The third-order valence-electron chi connectivity index (χ3n) is 9.74. The summed E-state index contributed by atoms with van der Waals surface area (Å²) < 4.78 is 15.3. The number of ketones is 1. The van der Waals surface area contributed by atoms with E-state index in [-0.39, 0.29) is 34.7 Å². The Kier molecular flexibility index (Phi) is 14.3. The van der Waals surface area contributed by atoms with Crippen molar-refractivity contribution in [2.24, 2.45) is 5.41 Å². The Morgan fingerprint density at radius 1 is 1.10 bits per heavy atom. The number of nitrogens with one attached hydrogen (secondary N) is 2. The number of ether oxygens (including phenoxy) is 2. The molecule has 9 nitrogen and oxygen atoms in total. The molecule has 1 saturated heterocycles. The monoisotopic (exact) mass is 767 g/mol. The normalized spacial score (nSPS) is 19.0. The number of Topliss-reactive ketones (excluding diaryl/α,β-unsaturated/α-hetero) is 1. The molecule has 1 unspecified atom stereocenters. The fourth-order valence-corrected chi connectivity index (χ4v) is 12.7. The van der Waals surface area contributed by atoms with Crippen LogP contribution in [0.3, 0.4) is 0 Å². The van der Waals surface area contributed by atoms with Crippen LogP contribution in [-0.4, -0.2) is 78.6 Å². The third kappa shape index (κ3) is 9.36. The maximum atomic E-state index is 12.6. The molecule has 1 heterocycles. The summed E-state index contributed by atoms with van der Waals surface area (Å²) >= 11 is 3.47. The molecular formula is C38H54BBrN4O5P. The summed E-state index contributed by atoms with van der Waals surface area (Å²) in [5.41, 5.74) is 1.72. The van der Waals surface area contributed by atoms with Gasteiger partial charge in [0.2, 0.25) is 5.91 Å². The summed E-state index contributed by atoms with van der Waals surface area (Å²) in [5, 5.41) is 15.4. The number of nitriles is 1. The number of nitrogens with zero attached hydrogens (tertiary/aromatic N) is 2. The van der Waals surface area contributed by atoms with Crippen LogP contribution in [0.2, 0.25) is 6.82 Å². The van der Waals surface area contributed by atoms with Crippen molar-refractivity contribution < 1.29 is 23.9 Å². The van der Waals surface area contributed by atoms with Crippen molar-refractivity contribution in [3.8, 4) is 11.8 Å². The highest BCUT2D eigenvalue weighted by molar-refractivity contribution is 9.10. The van der Waals surface area contributed by atoms with Crippen LogP contribution in [-0.2, 0) is 20.9 Å². The minimum absolute atomic E-state index is 0.0242. The molecule has 1 aliphatic rings. The van der Waals surface area contributed by atoms with Crippen molar-refractivity contribution in [3.63, 3.8) is 0 Å². The number of amides is 1. The Hall–Kier alpha value is -2.77. The van der Waals surface area contributed by atoms with E-state index in [0.717, 1.165) is 53.6 Å². The van der Waals surface area contributed by atoms with E-state index in [2.05, 4.69) is 78.1 Å². The number of benzene rings is 2. The minimum atomic E-state index is -1.03. The average Bonchev–Trinajstić information content (AvgIpc) is 3.02. The van der Waals surface area contributed by atoms with Crippen LogP contribution in [0.4, 0.5) is 5.69 Å². The second-order valence-corrected chi connectivity index (χ2v) is 19.7. The molecule has 0 spiro atoms. The van der Waals surface area contributed by atoms with Crippen molar-refractivity contribution in [1.82, 2.24) is 9.99 Å². The molecule has 1 fully saturated rings. The number of halogens is 1. The van der Waals surface area contributed by atoms with Crippen molar-refractivity contribution in [2.75, 3.05) is 32.1 Å². The van der Waals surface area contributed by atoms with E-state index in [4.69, 9.17) is 9.47 Å². The smallest absolute Gasteiger partial charge is 0.246 e. The lowest BCUT2D eigenvalue weighted by Crippen LogP contribution is -2.66. The number of carbonyl (C=O) groups excluding carboxylic acids is 3. The maximum absolute atomic E-state index is 12.6. The van der Waals surface area contributed by atoms with Gasteiger partial charge < -0.3 is 20.1 Å². The van der Waals surface area contributed by atoms with Gasteiger partial charge in [0.05, 0.1) is 11.0 Å². The second-order valence-electron chi connectivity index (χ2n) is 15.2. The number of hydrogen-bond donors (Lipinski definition) is 2. The fourth-order valence-electron chi connectivity index (χ4n) is 7.68. The molecule has 0 saturated carbocycles. The van der Waals surface area contributed by atoms with Gasteiger partial charge in [0.1, 0.15) is 36.6 Å². The van der Waals surface area contributed by atoms with Crippen LogP contribution >= 0.6 is 24.0 Å². The van der Waals surface area contributed by atoms with Crippen molar-refractivity contribution in [3.05, 3.63) is 57.6 Å². The van der Waals surface area contributed by atoms with E-state index in [0.29, 0.717) is 24.3 Å². The molecule has 2 N–H and O–H groups in total. The summed E-state index contributed by atoms with van der Waals surface area (Å²) in [6.07, 6.45) is 3.57. The van der Waals surface area contributed by atoms with Gasteiger partial charge in [-0.25, -0.2) is 0 Å². The first-order valence-electron chi connectivity index (χ1n) is 17.3. The molecule has 1 aliphatic heterocycles. The Morgan fingerprint density at radius 3 is 2.34 bits per heavy atom. The van der Waals surface area contributed by atoms with E-state index in [1.807, 2.05) is 45.0 Å². The summed E-state index contributed by atoms with van der Waals surface area (Å²) in [6, 6.07) is 13.6. The van der Waals surface area contributed by atoms with E-state index in [9.17, 15) is 19.6 Å². The van der Waals surface area contributed by atoms with Crippen molar-refractivity contribution >= 4 is 54.9 Å². The number of anilines is 1. The van der Waals surface area contributed by atoms with Gasteiger partial charge in [-0.15, -0.1) is 0 Å². The first kappa shape index (κ1) is 41.7. The molecule has 0 bridgehead atoms. The number of carbonyl (C=O) groups is 3. The zero-order valence-corrected chi connectivity index (χ0v) is 33.9. The Bertz CT molecular complexity index is 1560. The molecule has 1 amide bonds. The Balaban J connectivity index is 1.49. The molecule has 1 atom stereocenters. The maximum Gasteiger partial charge on any atom is 0.246 e. The molecule has 1 radical (unpaired) electrons. The minimum Gasteiger partial charge on any atom is -0.488 e. The lowest BCUT2D eigenvalue weighted by molar-refractivity contribution is -0.134. The van der Waals surface area contributed by atoms with Crippen LogP contribution in [0.15, 0.2) is 40.9 Å². The summed E-state index contributed by atoms with van der Waals surface area (Å²) in [6.45, 7) is 19.9. The van der Waals surface area contributed by atoms with Crippen molar-refractivity contribution in [2.45, 2.75) is 110 Å². The molecular weight excluding hydrogens is 714 g/mol. The predicted molar refractivity (Wildman–Crippen MR) is 207 cm³/mol. The van der Waals surface area contributed by atoms with E-state index >= 15 is 0 Å². The highest BCUT2D eigenvalue weighted by Gasteiger charge is 2.65. The fraction of sp³-hybridized carbons (Fsp3) is 0.579. The van der Waals surface area contributed by atoms with Gasteiger partial charge in [0.15, 0.2) is 7.28 Å². The average molecular weight is 769 g/mol. The SMILES string of the molecule is C[B]C(NC(=O)COCCCCCNc1ccc(C=O)c(CN(C)P2C(C)(C)C(Oc3ccc(C#N)c(Br)c3)C2(C)C)c1)(C(C)=O)C(C)(C)C. The first-order chi connectivity index (χ1) is 23.3. The highest BCUT2D eigenvalue weighted by atomic mass is 79.9. The lowest BCUT2D eigenvalue weighted by atomic mass is 9.48. The molecule has 0 aliphatic carbocycles. The first-order valence-corrected chi connectivity index (χ1v) is 19.3. The van der Waals surface area contributed by atoms with Gasteiger partial charge in [-0.2, -0.15) is 5.26 Å². The summed E-state index contributed by atoms with van der Waals surface area (Å²) in [5.74, 6) is 0.334.